The fraction of sp³-hybridized carbons (Fsp3) is 0.316. The van der Waals surface area contributed by atoms with Crippen LogP contribution in [0.5, 0.6) is 0 Å². The van der Waals surface area contributed by atoms with E-state index in [2.05, 4.69) is 0 Å². The first-order valence-electron chi connectivity index (χ1n) is 8.19. The zero-order chi connectivity index (χ0) is 20.4. The van der Waals surface area contributed by atoms with Crippen LogP contribution in [-0.2, 0) is 20.3 Å². The molecule has 0 spiro atoms. The molecular formula is C19H21NO6S. The summed E-state index contributed by atoms with van der Waals surface area (Å²) in [5, 5.41) is 11.3. The van der Waals surface area contributed by atoms with Crippen LogP contribution in [0.25, 0.3) is 0 Å². The molecule has 0 atom stereocenters. The van der Waals surface area contributed by atoms with E-state index in [1.54, 1.807) is 32.9 Å². The zero-order valence-corrected chi connectivity index (χ0v) is 16.4. The summed E-state index contributed by atoms with van der Waals surface area (Å²) in [6.07, 6.45) is 0. The van der Waals surface area contributed by atoms with E-state index in [1.807, 2.05) is 6.92 Å². The molecule has 0 aliphatic heterocycles. The molecule has 0 heterocycles. The van der Waals surface area contributed by atoms with Crippen LogP contribution in [0.3, 0.4) is 0 Å². The highest BCUT2D eigenvalue weighted by atomic mass is 32.2. The van der Waals surface area contributed by atoms with Gasteiger partial charge in [-0.15, -0.1) is 0 Å². The highest BCUT2D eigenvalue weighted by molar-refractivity contribution is 7.90. The Labute approximate surface area is 158 Å². The van der Waals surface area contributed by atoms with Crippen LogP contribution < -0.4 is 0 Å². The zero-order valence-electron chi connectivity index (χ0n) is 15.6. The average molecular weight is 391 g/mol. The number of nitro groups is 1. The fourth-order valence-corrected chi connectivity index (χ4v) is 3.73. The Morgan fingerprint density at radius 3 is 2.22 bits per heavy atom. The largest absolute Gasteiger partial charge is 0.456 e. The summed E-state index contributed by atoms with van der Waals surface area (Å²) in [5.74, 6) is -1.27. The Kier molecular flexibility index (Phi) is 5.70. The number of aryl methyl sites for hydroxylation is 1. The molecule has 7 nitrogen and oxygen atoms in total. The van der Waals surface area contributed by atoms with E-state index < -0.39 is 32.1 Å². The number of carbonyl (C=O) groups excluding carboxylic acids is 1. The van der Waals surface area contributed by atoms with Gasteiger partial charge < -0.3 is 4.74 Å². The van der Waals surface area contributed by atoms with Gasteiger partial charge in [-0.1, -0.05) is 17.7 Å². The summed E-state index contributed by atoms with van der Waals surface area (Å²) in [4.78, 5) is 22.9. The van der Waals surface area contributed by atoms with Gasteiger partial charge in [0.15, 0.2) is 9.84 Å². The summed E-state index contributed by atoms with van der Waals surface area (Å²) in [6.45, 7) is 6.91. The minimum Gasteiger partial charge on any atom is -0.456 e. The molecule has 2 aromatic carbocycles. The van der Waals surface area contributed by atoms with E-state index in [0.717, 1.165) is 11.6 Å². The molecule has 0 N–H and O–H groups in total. The third-order valence-electron chi connectivity index (χ3n) is 3.64. The fourth-order valence-electron chi connectivity index (χ4n) is 2.38. The van der Waals surface area contributed by atoms with Gasteiger partial charge in [-0.2, -0.15) is 0 Å². The molecule has 0 aromatic heterocycles. The molecule has 0 bridgehead atoms. The first-order valence-corrected chi connectivity index (χ1v) is 9.84. The second-order valence-corrected chi connectivity index (χ2v) is 9.16. The molecule has 0 unspecified atom stereocenters. The molecule has 0 saturated carbocycles. The summed E-state index contributed by atoms with van der Waals surface area (Å²) < 4.78 is 30.6. The van der Waals surface area contributed by atoms with Crippen molar-refractivity contribution >= 4 is 21.5 Å². The summed E-state index contributed by atoms with van der Waals surface area (Å²) in [7, 11) is -3.82. The van der Waals surface area contributed by atoms with Gasteiger partial charge in [0.05, 0.1) is 21.1 Å². The predicted molar refractivity (Wildman–Crippen MR) is 100 cm³/mol. The molecule has 8 heteroatoms. The van der Waals surface area contributed by atoms with E-state index in [0.29, 0.717) is 0 Å². The van der Waals surface area contributed by atoms with Crippen LogP contribution in [0, 0.1) is 17.0 Å². The van der Waals surface area contributed by atoms with Gasteiger partial charge in [0, 0.05) is 11.6 Å². The molecular weight excluding hydrogens is 370 g/mol. The van der Waals surface area contributed by atoms with E-state index in [9.17, 15) is 23.3 Å². The third-order valence-corrected chi connectivity index (χ3v) is 5.32. The highest BCUT2D eigenvalue weighted by Gasteiger charge is 2.25. The second kappa shape index (κ2) is 7.48. The number of carbonyl (C=O) groups is 1. The van der Waals surface area contributed by atoms with Crippen LogP contribution in [0.15, 0.2) is 47.4 Å². The van der Waals surface area contributed by atoms with Crippen molar-refractivity contribution in [1.82, 2.24) is 0 Å². The molecule has 27 heavy (non-hydrogen) atoms. The molecule has 144 valence electrons. The lowest BCUT2D eigenvalue weighted by atomic mass is 10.1. The third kappa shape index (κ3) is 5.37. The van der Waals surface area contributed by atoms with Crippen LogP contribution in [0.1, 0.15) is 42.3 Å². The molecule has 2 aromatic rings. The number of nitrogens with zero attached hydrogens (tertiary/aromatic N) is 1. The number of ether oxygens (including phenoxy) is 1. The summed E-state index contributed by atoms with van der Waals surface area (Å²) >= 11 is 0. The van der Waals surface area contributed by atoms with Crippen molar-refractivity contribution in [3.63, 3.8) is 0 Å². The normalized spacial score (nSPS) is 11.9. The van der Waals surface area contributed by atoms with Gasteiger partial charge in [0.1, 0.15) is 5.60 Å². The van der Waals surface area contributed by atoms with Crippen molar-refractivity contribution in [3.8, 4) is 0 Å². The number of hydrogen-bond acceptors (Lipinski definition) is 6. The van der Waals surface area contributed by atoms with E-state index in [-0.39, 0.29) is 21.7 Å². The van der Waals surface area contributed by atoms with Crippen LogP contribution in [0.4, 0.5) is 5.69 Å². The number of benzene rings is 2. The van der Waals surface area contributed by atoms with Crippen molar-refractivity contribution in [2.24, 2.45) is 0 Å². The number of hydrogen-bond donors (Lipinski definition) is 0. The molecule has 2 rings (SSSR count). The van der Waals surface area contributed by atoms with Crippen LogP contribution >= 0.6 is 0 Å². The lowest BCUT2D eigenvalue weighted by Crippen LogP contribution is -2.24. The van der Waals surface area contributed by atoms with Crippen molar-refractivity contribution in [3.05, 3.63) is 69.3 Å². The first kappa shape index (κ1) is 20.6. The van der Waals surface area contributed by atoms with Gasteiger partial charge in [-0.25, -0.2) is 13.2 Å². The Balaban J connectivity index is 2.44. The minimum atomic E-state index is -3.82. The van der Waals surface area contributed by atoms with E-state index >= 15 is 0 Å². The smallest absolute Gasteiger partial charge is 0.338 e. The van der Waals surface area contributed by atoms with Crippen molar-refractivity contribution in [2.75, 3.05) is 0 Å². The van der Waals surface area contributed by atoms with Gasteiger partial charge in [-0.05, 0) is 52.0 Å². The van der Waals surface area contributed by atoms with Gasteiger partial charge in [-0.3, -0.25) is 10.1 Å². The van der Waals surface area contributed by atoms with E-state index in [4.69, 9.17) is 4.74 Å². The number of nitro benzene ring substituents is 1. The number of rotatable bonds is 5. The molecule has 0 radical (unpaired) electrons. The van der Waals surface area contributed by atoms with Crippen LogP contribution in [-0.4, -0.2) is 24.9 Å². The Morgan fingerprint density at radius 2 is 1.70 bits per heavy atom. The van der Waals surface area contributed by atoms with Crippen molar-refractivity contribution in [2.45, 2.75) is 43.9 Å². The molecule has 0 saturated heterocycles. The summed E-state index contributed by atoms with van der Waals surface area (Å²) in [6, 6.07) is 9.80. The van der Waals surface area contributed by atoms with E-state index in [1.165, 1.54) is 24.3 Å². The molecule has 0 fully saturated rings. The Hall–Kier alpha value is -2.74. The van der Waals surface area contributed by atoms with Crippen molar-refractivity contribution < 1.29 is 22.9 Å². The van der Waals surface area contributed by atoms with Gasteiger partial charge >= 0.3 is 5.97 Å². The molecule has 0 amide bonds. The topological polar surface area (TPSA) is 104 Å². The molecule has 0 aliphatic carbocycles. The van der Waals surface area contributed by atoms with Gasteiger partial charge in [0.25, 0.3) is 5.69 Å². The maximum atomic E-state index is 12.7. The first-order chi connectivity index (χ1) is 12.4. The SMILES string of the molecule is Cc1ccc(S(=O)(=O)Cc2cc(C(=O)OC(C)(C)C)ccc2[N+](=O)[O-])cc1. The second-order valence-electron chi connectivity index (χ2n) is 7.17. The standard InChI is InChI=1S/C19H21NO6S/c1-13-5-8-16(9-6-13)27(24,25)12-15-11-14(7-10-17(15)20(22)23)18(21)26-19(2,3)4/h5-11H,12H2,1-4H3. The lowest BCUT2D eigenvalue weighted by Gasteiger charge is -2.19. The summed E-state index contributed by atoms with van der Waals surface area (Å²) in [5.41, 5.74) is -0.217. The minimum absolute atomic E-state index is 0.0598. The quantitative estimate of drug-likeness (QED) is 0.436. The average Bonchev–Trinajstić information content (AvgIpc) is 2.53. The highest BCUT2D eigenvalue weighted by Crippen LogP contribution is 2.26. The predicted octanol–water partition coefficient (Wildman–Crippen LogP) is 3.83. The molecule has 0 aliphatic rings. The Morgan fingerprint density at radius 1 is 1.11 bits per heavy atom. The Bertz CT molecular complexity index is 972. The monoisotopic (exact) mass is 391 g/mol. The van der Waals surface area contributed by atoms with Crippen LogP contribution in [0.2, 0.25) is 0 Å². The van der Waals surface area contributed by atoms with Crippen molar-refractivity contribution in [1.29, 1.82) is 0 Å². The van der Waals surface area contributed by atoms with Gasteiger partial charge in [0.2, 0.25) is 0 Å². The lowest BCUT2D eigenvalue weighted by molar-refractivity contribution is -0.385. The number of esters is 1. The number of sulfone groups is 1. The maximum absolute atomic E-state index is 12.7. The maximum Gasteiger partial charge on any atom is 0.338 e.